The molecule has 1 aromatic carbocycles. The SMILES string of the molecule is CCCCCCC#C/C=C\C#CC(=O)c1ccc(OC)cc1. The normalized spacial score (nSPS) is 9.55. The molecule has 0 fully saturated rings. The molecule has 0 aliphatic rings. The monoisotopic (exact) mass is 294 g/mol. The number of hydrogen-bond acceptors (Lipinski definition) is 2. The second kappa shape index (κ2) is 11.2. The molecule has 0 unspecified atom stereocenters. The van der Waals surface area contributed by atoms with Crippen LogP contribution in [0.4, 0.5) is 0 Å². The van der Waals surface area contributed by atoms with Crippen LogP contribution in [0.25, 0.3) is 0 Å². The van der Waals surface area contributed by atoms with E-state index in [9.17, 15) is 4.79 Å². The molecule has 0 saturated carbocycles. The topological polar surface area (TPSA) is 26.3 Å². The Morgan fingerprint density at radius 1 is 1.09 bits per heavy atom. The summed E-state index contributed by atoms with van der Waals surface area (Å²) in [6.45, 7) is 2.19. The number of rotatable bonds is 6. The van der Waals surface area contributed by atoms with E-state index in [0.29, 0.717) is 5.56 Å². The summed E-state index contributed by atoms with van der Waals surface area (Å²) in [7, 11) is 1.59. The molecule has 0 spiro atoms. The van der Waals surface area contributed by atoms with Crippen LogP contribution in [0.3, 0.4) is 0 Å². The number of hydrogen-bond donors (Lipinski definition) is 0. The van der Waals surface area contributed by atoms with Gasteiger partial charge in [-0.1, -0.05) is 43.9 Å². The number of carbonyl (C=O) groups excluding carboxylic acids is 1. The molecule has 0 saturated heterocycles. The molecule has 0 heterocycles. The van der Waals surface area contributed by atoms with Gasteiger partial charge in [-0.3, -0.25) is 4.79 Å². The van der Waals surface area contributed by atoms with Crippen molar-refractivity contribution in [3.63, 3.8) is 0 Å². The van der Waals surface area contributed by atoms with Crippen LogP contribution in [0, 0.1) is 23.7 Å². The van der Waals surface area contributed by atoms with Crippen LogP contribution < -0.4 is 4.74 Å². The third-order valence-electron chi connectivity index (χ3n) is 3.05. The van der Waals surface area contributed by atoms with Gasteiger partial charge in [-0.25, -0.2) is 0 Å². The third kappa shape index (κ3) is 7.36. The zero-order chi connectivity index (χ0) is 16.0. The van der Waals surface area contributed by atoms with Gasteiger partial charge in [0.05, 0.1) is 7.11 Å². The molecule has 0 aliphatic carbocycles. The highest BCUT2D eigenvalue weighted by atomic mass is 16.5. The average Bonchev–Trinajstić information content (AvgIpc) is 2.56. The summed E-state index contributed by atoms with van der Waals surface area (Å²) in [4.78, 5) is 11.8. The minimum absolute atomic E-state index is 0.208. The number of Topliss-reactive ketones (excluding diaryl/α,β-unsaturated/α-hetero) is 1. The van der Waals surface area contributed by atoms with Crippen molar-refractivity contribution < 1.29 is 9.53 Å². The first-order valence-electron chi connectivity index (χ1n) is 7.61. The quantitative estimate of drug-likeness (QED) is 0.336. The minimum atomic E-state index is -0.208. The first-order valence-corrected chi connectivity index (χ1v) is 7.61. The van der Waals surface area contributed by atoms with E-state index < -0.39 is 0 Å². The molecule has 0 bridgehead atoms. The predicted molar refractivity (Wildman–Crippen MR) is 90.8 cm³/mol. The molecule has 0 N–H and O–H groups in total. The number of ketones is 1. The van der Waals surface area contributed by atoms with E-state index >= 15 is 0 Å². The zero-order valence-corrected chi connectivity index (χ0v) is 13.3. The van der Waals surface area contributed by atoms with Crippen molar-refractivity contribution in [1.29, 1.82) is 0 Å². The van der Waals surface area contributed by atoms with Crippen LogP contribution in [-0.2, 0) is 0 Å². The number of methoxy groups -OCH3 is 1. The van der Waals surface area contributed by atoms with Crippen LogP contribution in [0.2, 0.25) is 0 Å². The summed E-state index contributed by atoms with van der Waals surface area (Å²) < 4.78 is 5.04. The van der Waals surface area contributed by atoms with E-state index in [1.165, 1.54) is 19.3 Å². The van der Waals surface area contributed by atoms with Crippen molar-refractivity contribution in [1.82, 2.24) is 0 Å². The van der Waals surface area contributed by atoms with E-state index in [1.54, 1.807) is 43.5 Å². The number of allylic oxidation sites excluding steroid dienone is 2. The Hall–Kier alpha value is -2.45. The highest BCUT2D eigenvalue weighted by Crippen LogP contribution is 2.11. The molecule has 0 radical (unpaired) electrons. The van der Waals surface area contributed by atoms with Gasteiger partial charge in [-0.05, 0) is 48.8 Å². The lowest BCUT2D eigenvalue weighted by Gasteiger charge is -1.98. The molecular weight excluding hydrogens is 272 g/mol. The number of unbranched alkanes of at least 4 members (excludes halogenated alkanes) is 4. The molecule has 0 aromatic heterocycles. The Morgan fingerprint density at radius 2 is 1.82 bits per heavy atom. The van der Waals surface area contributed by atoms with Gasteiger partial charge >= 0.3 is 0 Å². The highest BCUT2D eigenvalue weighted by molar-refractivity contribution is 6.09. The zero-order valence-electron chi connectivity index (χ0n) is 13.3. The summed E-state index contributed by atoms with van der Waals surface area (Å²) in [5, 5.41) is 0. The van der Waals surface area contributed by atoms with Gasteiger partial charge in [0.25, 0.3) is 0 Å². The predicted octanol–water partition coefficient (Wildman–Crippen LogP) is 4.41. The van der Waals surface area contributed by atoms with Crippen molar-refractivity contribution in [3.8, 4) is 29.4 Å². The average molecular weight is 294 g/mol. The van der Waals surface area contributed by atoms with Crippen molar-refractivity contribution >= 4 is 5.78 Å². The van der Waals surface area contributed by atoms with Gasteiger partial charge in [0.15, 0.2) is 0 Å². The fourth-order valence-corrected chi connectivity index (χ4v) is 1.78. The Bertz CT molecular complexity index is 601. The first-order chi connectivity index (χ1) is 10.8. The molecule has 1 aromatic rings. The molecule has 1 rings (SSSR count). The molecule has 22 heavy (non-hydrogen) atoms. The first kappa shape index (κ1) is 17.6. The Labute approximate surface area is 133 Å². The molecule has 2 nitrogen and oxygen atoms in total. The van der Waals surface area contributed by atoms with Gasteiger partial charge in [0.2, 0.25) is 5.78 Å². The van der Waals surface area contributed by atoms with Crippen LogP contribution >= 0.6 is 0 Å². The standard InChI is InChI=1S/C20H22O2/c1-3-4-5-6-7-8-9-10-11-12-13-20(21)18-14-16-19(22-2)17-15-18/h10-11,14-17H,3-7H2,1-2H3/b11-10-. The van der Waals surface area contributed by atoms with E-state index in [4.69, 9.17) is 4.74 Å². The van der Waals surface area contributed by atoms with Gasteiger partial charge in [0.1, 0.15) is 5.75 Å². The summed E-state index contributed by atoms with van der Waals surface area (Å²) >= 11 is 0. The lowest BCUT2D eigenvalue weighted by molar-refractivity contribution is 0.105. The number of carbonyl (C=O) groups is 1. The maximum Gasteiger partial charge on any atom is 0.236 e. The molecule has 0 atom stereocenters. The smallest absolute Gasteiger partial charge is 0.236 e. The van der Waals surface area contributed by atoms with E-state index in [0.717, 1.165) is 18.6 Å². The molecule has 0 aliphatic heterocycles. The van der Waals surface area contributed by atoms with Crippen LogP contribution in [0.15, 0.2) is 36.4 Å². The maximum atomic E-state index is 11.8. The third-order valence-corrected chi connectivity index (χ3v) is 3.05. The lowest BCUT2D eigenvalue weighted by atomic mass is 10.1. The summed E-state index contributed by atoms with van der Waals surface area (Å²) in [6.07, 6.45) is 9.13. The number of ether oxygens (including phenoxy) is 1. The van der Waals surface area contributed by atoms with Crippen LogP contribution in [0.5, 0.6) is 5.75 Å². The Balaban J connectivity index is 2.37. The fraction of sp³-hybridized carbons (Fsp3) is 0.350. The largest absolute Gasteiger partial charge is 0.497 e. The summed E-state index contributed by atoms with van der Waals surface area (Å²) in [5.41, 5.74) is 0.559. The second-order valence-electron chi connectivity index (χ2n) is 4.79. The summed E-state index contributed by atoms with van der Waals surface area (Å²) in [6, 6.07) is 6.90. The molecule has 114 valence electrons. The second-order valence-corrected chi connectivity index (χ2v) is 4.79. The van der Waals surface area contributed by atoms with Gasteiger partial charge in [0, 0.05) is 12.0 Å². The maximum absolute atomic E-state index is 11.8. The molecule has 0 amide bonds. The van der Waals surface area contributed by atoms with Crippen LogP contribution in [0.1, 0.15) is 49.4 Å². The van der Waals surface area contributed by atoms with E-state index in [1.807, 2.05) is 0 Å². The Kier molecular flexibility index (Phi) is 8.99. The fourth-order valence-electron chi connectivity index (χ4n) is 1.78. The van der Waals surface area contributed by atoms with Crippen molar-refractivity contribution in [2.45, 2.75) is 39.0 Å². The van der Waals surface area contributed by atoms with E-state index in [2.05, 4.69) is 30.6 Å². The molecule has 2 heteroatoms. The highest BCUT2D eigenvalue weighted by Gasteiger charge is 2.00. The van der Waals surface area contributed by atoms with Crippen molar-refractivity contribution in [2.24, 2.45) is 0 Å². The van der Waals surface area contributed by atoms with Gasteiger partial charge in [-0.15, -0.1) is 0 Å². The minimum Gasteiger partial charge on any atom is -0.497 e. The van der Waals surface area contributed by atoms with Gasteiger partial charge < -0.3 is 4.74 Å². The Morgan fingerprint density at radius 3 is 2.50 bits per heavy atom. The van der Waals surface area contributed by atoms with Crippen molar-refractivity contribution in [2.75, 3.05) is 7.11 Å². The van der Waals surface area contributed by atoms with Crippen molar-refractivity contribution in [3.05, 3.63) is 42.0 Å². The van der Waals surface area contributed by atoms with Gasteiger partial charge in [-0.2, -0.15) is 0 Å². The molecular formula is C20H22O2. The summed E-state index contributed by atoms with van der Waals surface area (Å²) in [5.74, 6) is 11.8. The lowest BCUT2D eigenvalue weighted by Crippen LogP contribution is -1.94. The number of benzene rings is 1. The van der Waals surface area contributed by atoms with E-state index in [-0.39, 0.29) is 5.78 Å². The van der Waals surface area contributed by atoms with Crippen LogP contribution in [-0.4, -0.2) is 12.9 Å².